The lowest BCUT2D eigenvalue weighted by molar-refractivity contribution is -0.142. The van der Waals surface area contributed by atoms with E-state index in [4.69, 9.17) is 15.2 Å². The van der Waals surface area contributed by atoms with E-state index in [1.54, 1.807) is 13.2 Å². The molecule has 0 saturated heterocycles. The first-order valence-electron chi connectivity index (χ1n) is 6.23. The molecule has 0 aliphatic heterocycles. The maximum absolute atomic E-state index is 11.2. The van der Waals surface area contributed by atoms with Crippen LogP contribution in [-0.2, 0) is 16.0 Å². The third-order valence-electron chi connectivity index (χ3n) is 2.85. The van der Waals surface area contributed by atoms with Crippen LogP contribution in [0.1, 0.15) is 18.9 Å². The fourth-order valence-corrected chi connectivity index (χ4v) is 1.66. The van der Waals surface area contributed by atoms with Crippen LogP contribution in [0.5, 0.6) is 11.5 Å². The van der Waals surface area contributed by atoms with Gasteiger partial charge in [0, 0.05) is 6.04 Å². The predicted molar refractivity (Wildman–Crippen MR) is 72.5 cm³/mol. The van der Waals surface area contributed by atoms with Gasteiger partial charge in [-0.25, -0.2) is 4.79 Å². The number of carbonyl (C=O) groups excluding carboxylic acids is 1. The van der Waals surface area contributed by atoms with Crippen molar-refractivity contribution in [2.45, 2.75) is 25.8 Å². The van der Waals surface area contributed by atoms with E-state index in [1.165, 1.54) is 7.11 Å². The molecule has 5 nitrogen and oxygen atoms in total. The summed E-state index contributed by atoms with van der Waals surface area (Å²) >= 11 is 0. The Labute approximate surface area is 113 Å². The second-order valence-electron chi connectivity index (χ2n) is 4.19. The number of nitrogens with two attached hydrogens (primary N) is 1. The van der Waals surface area contributed by atoms with Crippen molar-refractivity contribution in [3.05, 3.63) is 23.8 Å². The van der Waals surface area contributed by atoms with E-state index < -0.39 is 5.97 Å². The van der Waals surface area contributed by atoms with Crippen LogP contribution in [0.3, 0.4) is 0 Å². The van der Waals surface area contributed by atoms with Crippen LogP contribution in [0.25, 0.3) is 0 Å². The number of hydrogen-bond donors (Lipinski definition) is 1. The molecule has 0 spiro atoms. The minimum Gasteiger partial charge on any atom is -0.493 e. The maximum Gasteiger partial charge on any atom is 0.343 e. The van der Waals surface area contributed by atoms with Gasteiger partial charge in [-0.3, -0.25) is 0 Å². The maximum atomic E-state index is 11.2. The summed E-state index contributed by atoms with van der Waals surface area (Å²) in [7, 11) is 2.88. The molecule has 0 amide bonds. The summed E-state index contributed by atoms with van der Waals surface area (Å²) in [6, 6.07) is 5.63. The van der Waals surface area contributed by atoms with Crippen LogP contribution in [0.15, 0.2) is 18.2 Å². The first-order chi connectivity index (χ1) is 9.12. The van der Waals surface area contributed by atoms with Crippen molar-refractivity contribution in [1.29, 1.82) is 0 Å². The fourth-order valence-electron chi connectivity index (χ4n) is 1.66. The van der Waals surface area contributed by atoms with E-state index in [2.05, 4.69) is 4.74 Å². The summed E-state index contributed by atoms with van der Waals surface area (Å²) in [5, 5.41) is 0. The third-order valence-corrected chi connectivity index (χ3v) is 2.85. The molecule has 2 N–H and O–H groups in total. The van der Waals surface area contributed by atoms with Gasteiger partial charge in [0.25, 0.3) is 0 Å². The lowest BCUT2D eigenvalue weighted by atomic mass is 10.0. The molecular weight excluding hydrogens is 246 g/mol. The zero-order valence-electron chi connectivity index (χ0n) is 11.6. The normalized spacial score (nSPS) is 11.8. The van der Waals surface area contributed by atoms with Crippen molar-refractivity contribution in [2.75, 3.05) is 20.8 Å². The van der Waals surface area contributed by atoms with Crippen LogP contribution >= 0.6 is 0 Å². The summed E-state index contributed by atoms with van der Waals surface area (Å²) in [6.07, 6.45) is 1.54. The highest BCUT2D eigenvalue weighted by Crippen LogP contribution is 2.32. The minimum atomic E-state index is -0.434. The zero-order chi connectivity index (χ0) is 14.3. The molecular formula is C14H21NO4. The largest absolute Gasteiger partial charge is 0.493 e. The Morgan fingerprint density at radius 2 is 2.11 bits per heavy atom. The fraction of sp³-hybridized carbons (Fsp3) is 0.500. The second-order valence-corrected chi connectivity index (χ2v) is 4.19. The Hall–Kier alpha value is -1.75. The number of ether oxygens (including phenoxy) is 3. The number of hydrogen-bond acceptors (Lipinski definition) is 5. The first kappa shape index (κ1) is 15.3. The Morgan fingerprint density at radius 3 is 2.68 bits per heavy atom. The summed E-state index contributed by atoms with van der Waals surface area (Å²) in [5.74, 6) is 0.709. The number of benzene rings is 1. The van der Waals surface area contributed by atoms with E-state index in [9.17, 15) is 4.79 Å². The molecule has 0 fully saturated rings. The molecule has 19 heavy (non-hydrogen) atoms. The first-order valence-corrected chi connectivity index (χ1v) is 6.23. The summed E-state index contributed by atoms with van der Waals surface area (Å²) in [6.45, 7) is 1.88. The van der Waals surface area contributed by atoms with Crippen LogP contribution in [0.2, 0.25) is 0 Å². The van der Waals surface area contributed by atoms with Crippen LogP contribution in [0, 0.1) is 0 Å². The van der Waals surface area contributed by atoms with Gasteiger partial charge in [-0.1, -0.05) is 19.1 Å². The average molecular weight is 267 g/mol. The van der Waals surface area contributed by atoms with Gasteiger partial charge in [0.1, 0.15) is 0 Å². The molecule has 1 rings (SSSR count). The molecule has 1 aromatic rings. The molecule has 1 atom stereocenters. The van der Waals surface area contributed by atoms with Crippen molar-refractivity contribution in [1.82, 2.24) is 0 Å². The molecule has 1 aromatic carbocycles. The zero-order valence-corrected chi connectivity index (χ0v) is 11.6. The molecule has 0 saturated carbocycles. The molecule has 0 radical (unpaired) electrons. The van der Waals surface area contributed by atoms with Crippen LogP contribution in [-0.4, -0.2) is 32.8 Å². The highest BCUT2D eigenvalue weighted by Gasteiger charge is 2.14. The van der Waals surface area contributed by atoms with Crippen molar-refractivity contribution in [3.8, 4) is 11.5 Å². The van der Waals surface area contributed by atoms with Gasteiger partial charge in [-0.15, -0.1) is 0 Å². The third kappa shape index (κ3) is 4.44. The molecule has 0 heterocycles. The molecule has 0 aromatic heterocycles. The Balaban J connectivity index is 2.92. The van der Waals surface area contributed by atoms with Gasteiger partial charge in [0.2, 0.25) is 0 Å². The molecule has 5 heteroatoms. The number of methoxy groups -OCH3 is 2. The van der Waals surface area contributed by atoms with Crippen molar-refractivity contribution >= 4 is 5.97 Å². The number of rotatable bonds is 7. The predicted octanol–water partition coefficient (Wildman–Crippen LogP) is 1.53. The number of carbonyl (C=O) groups is 1. The van der Waals surface area contributed by atoms with Gasteiger partial charge in [-0.2, -0.15) is 0 Å². The highest BCUT2D eigenvalue weighted by molar-refractivity contribution is 5.71. The van der Waals surface area contributed by atoms with Gasteiger partial charge in [-0.05, 0) is 24.5 Å². The molecule has 106 valence electrons. The SMILES string of the molecule is CCC(N)Cc1cccc(OC)c1OCC(=O)OC. The van der Waals surface area contributed by atoms with Gasteiger partial charge in [0.05, 0.1) is 14.2 Å². The van der Waals surface area contributed by atoms with Crippen molar-refractivity contribution < 1.29 is 19.0 Å². The molecule has 0 aliphatic rings. The lowest BCUT2D eigenvalue weighted by Gasteiger charge is -2.16. The quantitative estimate of drug-likeness (QED) is 0.758. The molecule has 0 aliphatic carbocycles. The van der Waals surface area contributed by atoms with E-state index >= 15 is 0 Å². The van der Waals surface area contributed by atoms with E-state index in [0.29, 0.717) is 17.9 Å². The average Bonchev–Trinajstić information content (AvgIpc) is 2.44. The number of para-hydroxylation sites is 1. The number of esters is 1. The Kier molecular flexibility index (Phi) is 6.15. The van der Waals surface area contributed by atoms with Crippen LogP contribution < -0.4 is 15.2 Å². The summed E-state index contributed by atoms with van der Waals surface area (Å²) in [5.41, 5.74) is 6.89. The lowest BCUT2D eigenvalue weighted by Crippen LogP contribution is -2.22. The topological polar surface area (TPSA) is 70.8 Å². The molecule has 0 bridgehead atoms. The van der Waals surface area contributed by atoms with Gasteiger partial charge in [0.15, 0.2) is 18.1 Å². The van der Waals surface area contributed by atoms with E-state index in [0.717, 1.165) is 12.0 Å². The molecule has 1 unspecified atom stereocenters. The van der Waals surface area contributed by atoms with Gasteiger partial charge >= 0.3 is 5.97 Å². The van der Waals surface area contributed by atoms with Gasteiger partial charge < -0.3 is 19.9 Å². The Bertz CT molecular complexity index is 420. The minimum absolute atomic E-state index is 0.0487. The highest BCUT2D eigenvalue weighted by atomic mass is 16.6. The Morgan fingerprint density at radius 1 is 1.37 bits per heavy atom. The van der Waals surface area contributed by atoms with Crippen molar-refractivity contribution in [2.24, 2.45) is 5.73 Å². The smallest absolute Gasteiger partial charge is 0.343 e. The monoisotopic (exact) mass is 267 g/mol. The van der Waals surface area contributed by atoms with E-state index in [1.807, 2.05) is 19.1 Å². The second kappa shape index (κ2) is 7.63. The summed E-state index contributed by atoms with van der Waals surface area (Å²) < 4.78 is 15.3. The van der Waals surface area contributed by atoms with Crippen LogP contribution in [0.4, 0.5) is 0 Å². The van der Waals surface area contributed by atoms with E-state index in [-0.39, 0.29) is 12.6 Å². The standard InChI is InChI=1S/C14H21NO4/c1-4-11(15)8-10-6-5-7-12(17-2)14(10)19-9-13(16)18-3/h5-7,11H,4,8-9,15H2,1-3H3. The van der Waals surface area contributed by atoms with Crippen molar-refractivity contribution in [3.63, 3.8) is 0 Å². The summed E-state index contributed by atoms with van der Waals surface area (Å²) in [4.78, 5) is 11.2.